The summed E-state index contributed by atoms with van der Waals surface area (Å²) in [6, 6.07) is 0.0627. The lowest BCUT2D eigenvalue weighted by Gasteiger charge is -2.30. The van der Waals surface area contributed by atoms with Crippen LogP contribution in [0.15, 0.2) is 12.2 Å². The van der Waals surface area contributed by atoms with E-state index in [1.54, 1.807) is 4.90 Å². The number of carbonyl (C=O) groups is 2. The second kappa shape index (κ2) is 6.42. The molecule has 4 nitrogen and oxygen atoms in total. The van der Waals surface area contributed by atoms with E-state index in [0.29, 0.717) is 6.54 Å². The molecule has 1 rings (SSSR count). The van der Waals surface area contributed by atoms with Crippen LogP contribution in [0.2, 0.25) is 0 Å². The van der Waals surface area contributed by atoms with Gasteiger partial charge in [0.25, 0.3) is 0 Å². The number of amides is 1. The molecule has 0 aromatic rings. The Hall–Kier alpha value is -1.32. The molecule has 0 heterocycles. The van der Waals surface area contributed by atoms with E-state index in [1.165, 1.54) is 0 Å². The molecule has 0 aromatic carbocycles. The van der Waals surface area contributed by atoms with Gasteiger partial charge >= 0.3 is 5.97 Å². The minimum atomic E-state index is -0.855. The van der Waals surface area contributed by atoms with E-state index >= 15 is 0 Å². The summed E-state index contributed by atoms with van der Waals surface area (Å²) < 4.78 is 0. The molecule has 1 aliphatic carbocycles. The lowest BCUT2D eigenvalue weighted by molar-refractivity contribution is -0.141. The van der Waals surface area contributed by atoms with Crippen LogP contribution in [0.3, 0.4) is 0 Å². The normalized spacial score (nSPS) is 19.4. The summed E-state index contributed by atoms with van der Waals surface area (Å²) in [5.74, 6) is -0.714. The van der Waals surface area contributed by atoms with Gasteiger partial charge in [0.1, 0.15) is 0 Å². The van der Waals surface area contributed by atoms with Gasteiger partial charge < -0.3 is 10.0 Å². The van der Waals surface area contributed by atoms with Crippen molar-refractivity contribution in [3.05, 3.63) is 12.2 Å². The first-order valence-corrected chi connectivity index (χ1v) is 6.19. The highest BCUT2D eigenvalue weighted by atomic mass is 16.4. The van der Waals surface area contributed by atoms with Gasteiger partial charge in [-0.05, 0) is 33.1 Å². The molecule has 0 aromatic heterocycles. The third-order valence-electron chi connectivity index (χ3n) is 3.09. The summed E-state index contributed by atoms with van der Waals surface area (Å²) in [6.07, 6.45) is 6.77. The first-order chi connectivity index (χ1) is 8.02. The number of hydrogen-bond acceptors (Lipinski definition) is 2. The van der Waals surface area contributed by atoms with Crippen molar-refractivity contribution in [2.75, 3.05) is 6.54 Å². The predicted molar refractivity (Wildman–Crippen MR) is 65.6 cm³/mol. The minimum Gasteiger partial charge on any atom is -0.481 e. The number of rotatable bonds is 5. The Balaban J connectivity index is 2.59. The summed E-state index contributed by atoms with van der Waals surface area (Å²) in [5.41, 5.74) is 0. The topological polar surface area (TPSA) is 57.6 Å². The van der Waals surface area contributed by atoms with Gasteiger partial charge in [-0.15, -0.1) is 0 Å². The van der Waals surface area contributed by atoms with Crippen molar-refractivity contribution in [1.29, 1.82) is 0 Å². The lowest BCUT2D eigenvalue weighted by Crippen LogP contribution is -2.42. The van der Waals surface area contributed by atoms with Crippen LogP contribution >= 0.6 is 0 Å². The molecular weight excluding hydrogens is 218 g/mol. The van der Waals surface area contributed by atoms with Gasteiger partial charge in [0.2, 0.25) is 5.91 Å². The van der Waals surface area contributed by atoms with E-state index in [1.807, 2.05) is 19.9 Å². The van der Waals surface area contributed by atoms with Crippen molar-refractivity contribution in [3.8, 4) is 0 Å². The number of allylic oxidation sites excluding steroid dienone is 2. The van der Waals surface area contributed by atoms with Crippen LogP contribution in [-0.4, -0.2) is 34.5 Å². The molecule has 1 aliphatic rings. The summed E-state index contributed by atoms with van der Waals surface area (Å²) in [6.45, 7) is 4.17. The van der Waals surface area contributed by atoms with E-state index in [2.05, 4.69) is 6.08 Å². The zero-order chi connectivity index (χ0) is 12.8. The molecule has 1 amide bonds. The first kappa shape index (κ1) is 13.7. The maximum atomic E-state index is 12.3. The molecule has 1 N–H and O–H groups in total. The van der Waals surface area contributed by atoms with Crippen LogP contribution in [0.4, 0.5) is 0 Å². The largest absolute Gasteiger partial charge is 0.481 e. The molecule has 0 spiro atoms. The van der Waals surface area contributed by atoms with Crippen molar-refractivity contribution < 1.29 is 14.7 Å². The van der Waals surface area contributed by atoms with Crippen molar-refractivity contribution in [2.45, 2.75) is 45.6 Å². The molecule has 1 atom stereocenters. The highest BCUT2D eigenvalue weighted by molar-refractivity contribution is 5.80. The summed E-state index contributed by atoms with van der Waals surface area (Å²) in [5, 5.41) is 8.69. The van der Waals surface area contributed by atoms with E-state index in [0.717, 1.165) is 19.3 Å². The number of carboxylic acids is 1. The average molecular weight is 239 g/mol. The Morgan fingerprint density at radius 2 is 2.12 bits per heavy atom. The van der Waals surface area contributed by atoms with E-state index in [4.69, 9.17) is 5.11 Å². The quantitative estimate of drug-likeness (QED) is 0.747. The zero-order valence-electron chi connectivity index (χ0n) is 10.6. The van der Waals surface area contributed by atoms with Gasteiger partial charge in [-0.3, -0.25) is 9.59 Å². The number of carbonyl (C=O) groups excluding carboxylic acids is 1. The van der Waals surface area contributed by atoms with Crippen LogP contribution in [0.5, 0.6) is 0 Å². The molecule has 0 saturated carbocycles. The third kappa shape index (κ3) is 4.21. The summed E-state index contributed by atoms with van der Waals surface area (Å²) in [7, 11) is 0. The monoisotopic (exact) mass is 239 g/mol. The minimum absolute atomic E-state index is 0.0203. The zero-order valence-corrected chi connectivity index (χ0v) is 10.6. The predicted octanol–water partition coefficient (Wildman–Crippen LogP) is 2.05. The fourth-order valence-electron chi connectivity index (χ4n) is 2.09. The van der Waals surface area contributed by atoms with Crippen LogP contribution < -0.4 is 0 Å². The fraction of sp³-hybridized carbons (Fsp3) is 0.692. The van der Waals surface area contributed by atoms with Gasteiger partial charge in [0.15, 0.2) is 0 Å². The second-order valence-electron chi connectivity index (χ2n) is 4.75. The average Bonchev–Trinajstić information content (AvgIpc) is 2.29. The number of nitrogens with zero attached hydrogens (tertiary/aromatic N) is 1. The van der Waals surface area contributed by atoms with Crippen molar-refractivity contribution in [2.24, 2.45) is 5.92 Å². The third-order valence-corrected chi connectivity index (χ3v) is 3.09. The molecule has 0 saturated heterocycles. The van der Waals surface area contributed by atoms with Crippen molar-refractivity contribution in [3.63, 3.8) is 0 Å². The molecule has 96 valence electrons. The van der Waals surface area contributed by atoms with Crippen LogP contribution in [0, 0.1) is 5.92 Å². The van der Waals surface area contributed by atoms with E-state index in [9.17, 15) is 9.59 Å². The highest BCUT2D eigenvalue weighted by Gasteiger charge is 2.26. The Bertz CT molecular complexity index is 310. The van der Waals surface area contributed by atoms with E-state index < -0.39 is 5.97 Å². The van der Waals surface area contributed by atoms with Crippen LogP contribution in [0.1, 0.15) is 39.5 Å². The lowest BCUT2D eigenvalue weighted by atomic mass is 9.92. The van der Waals surface area contributed by atoms with Crippen molar-refractivity contribution >= 4 is 11.9 Å². The van der Waals surface area contributed by atoms with Gasteiger partial charge in [-0.25, -0.2) is 0 Å². The Labute approximate surface area is 102 Å². The first-order valence-electron chi connectivity index (χ1n) is 6.19. The standard InChI is InChI=1S/C13H21NO3/c1-10(2)14(9-8-12(15)16)13(17)11-6-4-3-5-7-11/h3-4,10-11H,5-9H2,1-2H3,(H,15,16). The van der Waals surface area contributed by atoms with E-state index in [-0.39, 0.29) is 24.3 Å². The highest BCUT2D eigenvalue weighted by Crippen LogP contribution is 2.21. The van der Waals surface area contributed by atoms with Gasteiger partial charge in [-0.1, -0.05) is 12.2 Å². The van der Waals surface area contributed by atoms with Crippen LogP contribution in [-0.2, 0) is 9.59 Å². The second-order valence-corrected chi connectivity index (χ2v) is 4.75. The number of hydrogen-bond donors (Lipinski definition) is 1. The Morgan fingerprint density at radius 3 is 2.59 bits per heavy atom. The maximum Gasteiger partial charge on any atom is 0.305 e. The fourth-order valence-corrected chi connectivity index (χ4v) is 2.09. The molecule has 0 fully saturated rings. The van der Waals surface area contributed by atoms with Crippen LogP contribution in [0.25, 0.3) is 0 Å². The van der Waals surface area contributed by atoms with Gasteiger partial charge in [-0.2, -0.15) is 0 Å². The number of carboxylic acid groups (broad SMARTS) is 1. The summed E-state index contributed by atoms with van der Waals surface area (Å²) in [4.78, 5) is 24.5. The van der Waals surface area contributed by atoms with Gasteiger partial charge in [0, 0.05) is 18.5 Å². The molecule has 4 heteroatoms. The SMILES string of the molecule is CC(C)N(CCC(=O)O)C(=O)C1CC=CCC1. The molecule has 0 bridgehead atoms. The molecule has 17 heavy (non-hydrogen) atoms. The molecule has 0 aliphatic heterocycles. The number of aliphatic carboxylic acids is 1. The van der Waals surface area contributed by atoms with Gasteiger partial charge in [0.05, 0.1) is 6.42 Å². The summed E-state index contributed by atoms with van der Waals surface area (Å²) >= 11 is 0. The van der Waals surface area contributed by atoms with Crippen molar-refractivity contribution in [1.82, 2.24) is 4.90 Å². The molecular formula is C13H21NO3. The molecule has 1 unspecified atom stereocenters. The Morgan fingerprint density at radius 1 is 1.41 bits per heavy atom. The Kier molecular flexibility index (Phi) is 5.19. The maximum absolute atomic E-state index is 12.3. The molecule has 0 radical (unpaired) electrons. The smallest absolute Gasteiger partial charge is 0.305 e.